The number of hydrogen-bond acceptors (Lipinski definition) is 4. The fourth-order valence-corrected chi connectivity index (χ4v) is 2.57. The predicted octanol–water partition coefficient (Wildman–Crippen LogP) is 2.42. The molecule has 4 heteroatoms. The first kappa shape index (κ1) is 12.9. The zero-order valence-corrected chi connectivity index (χ0v) is 10.8. The van der Waals surface area contributed by atoms with Crippen LogP contribution in [0.1, 0.15) is 23.5 Å². The number of rotatable bonds is 6. The second-order valence-corrected chi connectivity index (χ2v) is 4.90. The monoisotopic (exact) mass is 261 g/mol. The minimum absolute atomic E-state index is 0.0831. The normalized spacial score (nSPS) is 12.3. The third-order valence-electron chi connectivity index (χ3n) is 2.90. The van der Waals surface area contributed by atoms with Gasteiger partial charge in [0.1, 0.15) is 5.78 Å². The van der Waals surface area contributed by atoms with E-state index >= 15 is 0 Å². The van der Waals surface area contributed by atoms with Crippen LogP contribution in [0.25, 0.3) is 0 Å². The molecule has 0 spiro atoms. The minimum Gasteiger partial charge on any atom is -0.395 e. The fourth-order valence-electron chi connectivity index (χ4n) is 1.85. The van der Waals surface area contributed by atoms with Gasteiger partial charge in [0.15, 0.2) is 0 Å². The van der Waals surface area contributed by atoms with Crippen LogP contribution in [0.4, 0.5) is 0 Å². The van der Waals surface area contributed by atoms with E-state index in [9.17, 15) is 9.90 Å². The van der Waals surface area contributed by atoms with Gasteiger partial charge < -0.3 is 5.11 Å². The Morgan fingerprint density at radius 3 is 2.94 bits per heavy atom. The van der Waals surface area contributed by atoms with Gasteiger partial charge in [0.05, 0.1) is 12.5 Å². The average molecular weight is 261 g/mol. The Bertz CT molecular complexity index is 482. The molecule has 2 aromatic heterocycles. The molecule has 0 fully saturated rings. The van der Waals surface area contributed by atoms with Gasteiger partial charge in [-0.1, -0.05) is 6.07 Å². The molecular formula is C14H15NO2S. The summed E-state index contributed by atoms with van der Waals surface area (Å²) in [6.45, 7) is -0.122. The molecule has 2 heterocycles. The highest BCUT2D eigenvalue weighted by molar-refractivity contribution is 7.08. The SMILES string of the molecule is O=C(CCc1cccnc1)[C@H](CO)c1ccsc1. The summed E-state index contributed by atoms with van der Waals surface area (Å²) >= 11 is 1.54. The number of Topliss-reactive ketones (excluding diaryl/α,β-unsaturated/α-hetero) is 1. The molecule has 0 aliphatic rings. The Balaban J connectivity index is 1.95. The van der Waals surface area contributed by atoms with Crippen LogP contribution in [-0.2, 0) is 11.2 Å². The van der Waals surface area contributed by atoms with Crippen molar-refractivity contribution in [1.82, 2.24) is 4.98 Å². The number of aryl methyl sites for hydroxylation is 1. The molecule has 2 aromatic rings. The molecule has 0 saturated carbocycles. The molecule has 18 heavy (non-hydrogen) atoms. The van der Waals surface area contributed by atoms with E-state index in [0.717, 1.165) is 11.1 Å². The van der Waals surface area contributed by atoms with Gasteiger partial charge in [-0.15, -0.1) is 0 Å². The summed E-state index contributed by atoms with van der Waals surface area (Å²) in [5, 5.41) is 13.2. The molecule has 0 saturated heterocycles. The van der Waals surface area contributed by atoms with Gasteiger partial charge in [-0.2, -0.15) is 11.3 Å². The molecule has 0 aliphatic carbocycles. The van der Waals surface area contributed by atoms with E-state index in [0.29, 0.717) is 12.8 Å². The Labute approximate surface area is 110 Å². The number of hydrogen-bond donors (Lipinski definition) is 1. The summed E-state index contributed by atoms with van der Waals surface area (Å²) in [5.41, 5.74) is 1.96. The van der Waals surface area contributed by atoms with Gasteiger partial charge in [-0.05, 0) is 40.4 Å². The molecule has 0 unspecified atom stereocenters. The van der Waals surface area contributed by atoms with Crippen molar-refractivity contribution >= 4 is 17.1 Å². The van der Waals surface area contributed by atoms with Crippen LogP contribution in [0.2, 0.25) is 0 Å². The number of aliphatic hydroxyl groups excluding tert-OH is 1. The molecule has 94 valence electrons. The lowest BCUT2D eigenvalue weighted by Crippen LogP contribution is -2.16. The maximum atomic E-state index is 12.1. The Hall–Kier alpha value is -1.52. The summed E-state index contributed by atoms with van der Waals surface area (Å²) in [4.78, 5) is 16.1. The smallest absolute Gasteiger partial charge is 0.143 e. The van der Waals surface area contributed by atoms with Crippen molar-refractivity contribution in [3.8, 4) is 0 Å². The number of carbonyl (C=O) groups excluding carboxylic acids is 1. The van der Waals surface area contributed by atoms with E-state index < -0.39 is 0 Å². The number of aromatic nitrogens is 1. The lowest BCUT2D eigenvalue weighted by atomic mass is 9.94. The van der Waals surface area contributed by atoms with Crippen LogP contribution in [0, 0.1) is 0 Å². The van der Waals surface area contributed by atoms with E-state index in [1.165, 1.54) is 0 Å². The van der Waals surface area contributed by atoms with Crippen LogP contribution < -0.4 is 0 Å². The molecule has 0 radical (unpaired) electrons. The number of nitrogens with zero attached hydrogens (tertiary/aromatic N) is 1. The Kier molecular flexibility index (Phi) is 4.61. The zero-order chi connectivity index (χ0) is 12.8. The summed E-state index contributed by atoms with van der Waals surface area (Å²) in [6, 6.07) is 5.72. The molecule has 0 aliphatic heterocycles. The first-order chi connectivity index (χ1) is 8.81. The van der Waals surface area contributed by atoms with Gasteiger partial charge in [0.2, 0.25) is 0 Å². The van der Waals surface area contributed by atoms with Crippen LogP contribution in [-0.4, -0.2) is 22.5 Å². The zero-order valence-electron chi connectivity index (χ0n) is 9.95. The lowest BCUT2D eigenvalue weighted by Gasteiger charge is -2.11. The highest BCUT2D eigenvalue weighted by atomic mass is 32.1. The third-order valence-corrected chi connectivity index (χ3v) is 3.60. The van der Waals surface area contributed by atoms with Crippen molar-refractivity contribution in [3.63, 3.8) is 0 Å². The maximum Gasteiger partial charge on any atom is 0.143 e. The lowest BCUT2D eigenvalue weighted by molar-refractivity contribution is -0.121. The van der Waals surface area contributed by atoms with E-state index in [1.54, 1.807) is 23.7 Å². The van der Waals surface area contributed by atoms with Crippen molar-refractivity contribution in [1.29, 1.82) is 0 Å². The molecule has 0 amide bonds. The van der Waals surface area contributed by atoms with Crippen molar-refractivity contribution in [3.05, 3.63) is 52.5 Å². The second kappa shape index (κ2) is 6.42. The van der Waals surface area contributed by atoms with Gasteiger partial charge in [-0.25, -0.2) is 0 Å². The number of aliphatic hydroxyl groups is 1. The van der Waals surface area contributed by atoms with E-state index in [1.807, 2.05) is 29.0 Å². The highest BCUT2D eigenvalue weighted by Gasteiger charge is 2.19. The van der Waals surface area contributed by atoms with Gasteiger partial charge >= 0.3 is 0 Å². The van der Waals surface area contributed by atoms with E-state index in [2.05, 4.69) is 4.98 Å². The molecule has 1 N–H and O–H groups in total. The molecule has 2 rings (SSSR count). The van der Waals surface area contributed by atoms with Crippen molar-refractivity contribution < 1.29 is 9.90 Å². The van der Waals surface area contributed by atoms with Gasteiger partial charge in [0.25, 0.3) is 0 Å². The number of carbonyl (C=O) groups is 1. The van der Waals surface area contributed by atoms with Crippen molar-refractivity contribution in [2.45, 2.75) is 18.8 Å². The van der Waals surface area contributed by atoms with Crippen molar-refractivity contribution in [2.75, 3.05) is 6.61 Å². The number of ketones is 1. The largest absolute Gasteiger partial charge is 0.395 e. The first-order valence-electron chi connectivity index (χ1n) is 5.86. The summed E-state index contributed by atoms with van der Waals surface area (Å²) < 4.78 is 0. The summed E-state index contributed by atoms with van der Waals surface area (Å²) in [5.74, 6) is -0.298. The predicted molar refractivity (Wildman–Crippen MR) is 71.7 cm³/mol. The summed E-state index contributed by atoms with van der Waals surface area (Å²) in [6.07, 6.45) is 4.60. The average Bonchev–Trinajstić information content (AvgIpc) is 2.92. The third kappa shape index (κ3) is 3.24. The Morgan fingerprint density at radius 2 is 2.33 bits per heavy atom. The van der Waals surface area contributed by atoms with Crippen LogP contribution in [0.15, 0.2) is 41.4 Å². The topological polar surface area (TPSA) is 50.2 Å². The second-order valence-electron chi connectivity index (χ2n) is 4.12. The first-order valence-corrected chi connectivity index (χ1v) is 6.80. The van der Waals surface area contributed by atoms with Gasteiger partial charge in [-0.3, -0.25) is 9.78 Å². The number of thiophene rings is 1. The molecule has 3 nitrogen and oxygen atoms in total. The van der Waals surface area contributed by atoms with Crippen LogP contribution in [0.5, 0.6) is 0 Å². The molecule has 0 aromatic carbocycles. The standard InChI is InChI=1S/C14H15NO2S/c16-9-13(12-5-7-18-10-12)14(17)4-3-11-2-1-6-15-8-11/h1-2,5-8,10,13,16H,3-4,9H2/t13-/m1/s1. The fraction of sp³-hybridized carbons (Fsp3) is 0.286. The van der Waals surface area contributed by atoms with E-state index in [-0.39, 0.29) is 18.3 Å². The summed E-state index contributed by atoms with van der Waals surface area (Å²) in [7, 11) is 0. The van der Waals surface area contributed by atoms with Crippen LogP contribution >= 0.6 is 11.3 Å². The maximum absolute atomic E-state index is 12.1. The van der Waals surface area contributed by atoms with Crippen molar-refractivity contribution in [2.24, 2.45) is 0 Å². The van der Waals surface area contributed by atoms with Gasteiger partial charge in [0, 0.05) is 18.8 Å². The van der Waals surface area contributed by atoms with Crippen LogP contribution in [0.3, 0.4) is 0 Å². The number of pyridine rings is 1. The Morgan fingerprint density at radius 1 is 1.44 bits per heavy atom. The minimum atomic E-state index is -0.382. The highest BCUT2D eigenvalue weighted by Crippen LogP contribution is 2.21. The molecule has 0 bridgehead atoms. The van der Waals surface area contributed by atoms with E-state index in [4.69, 9.17) is 0 Å². The quantitative estimate of drug-likeness (QED) is 0.868. The molecule has 1 atom stereocenters. The molecular weight excluding hydrogens is 246 g/mol.